The van der Waals surface area contributed by atoms with Crippen LogP contribution in [0, 0.1) is 0 Å². The molecule has 8 heteroatoms. The first-order chi connectivity index (χ1) is 14.0. The molecule has 0 fully saturated rings. The Morgan fingerprint density at radius 2 is 1.70 bits per heavy atom. The third-order valence-electron chi connectivity index (χ3n) is 4.35. The lowest BCUT2D eigenvalue weighted by Crippen LogP contribution is -2.11. The van der Waals surface area contributed by atoms with Gasteiger partial charge in [-0.3, -0.25) is 0 Å². The van der Waals surface area contributed by atoms with E-state index in [9.17, 15) is 13.2 Å². The lowest BCUT2D eigenvalue weighted by Gasteiger charge is -2.18. The van der Waals surface area contributed by atoms with Gasteiger partial charge in [-0.1, -0.05) is 39.0 Å². The number of carbonyl (C=O) groups is 1. The normalized spacial score (nSPS) is 15.7. The monoisotopic (exact) mass is 429 g/mol. The molecule has 0 spiro atoms. The van der Waals surface area contributed by atoms with Crippen molar-refractivity contribution in [3.05, 3.63) is 64.9 Å². The van der Waals surface area contributed by atoms with E-state index in [0.29, 0.717) is 11.1 Å². The van der Waals surface area contributed by atoms with Gasteiger partial charge >= 0.3 is 16.1 Å². The number of hydrogen-bond acceptors (Lipinski definition) is 7. The molecule has 0 aromatic heterocycles. The Kier molecular flexibility index (Phi) is 5.72. The van der Waals surface area contributed by atoms with Gasteiger partial charge in [0.1, 0.15) is 0 Å². The van der Waals surface area contributed by atoms with Gasteiger partial charge in [-0.2, -0.15) is 8.42 Å². The summed E-state index contributed by atoms with van der Waals surface area (Å²) in [5.74, 6) is -0.0709. The minimum Gasteiger partial charge on any atom is -0.493 e. The topological polar surface area (TPSA) is 91.3 Å². The van der Waals surface area contributed by atoms with Crippen LogP contribution in [0.4, 0.5) is 0 Å². The van der Waals surface area contributed by atoms with Crippen LogP contribution in [0.3, 0.4) is 0 Å². The number of ether oxygens (including phenoxy) is 2. The minimum atomic E-state index is -3.70. The van der Waals surface area contributed by atoms with E-state index in [2.05, 4.69) is 25.8 Å². The zero-order valence-corrected chi connectivity index (χ0v) is 18.2. The average molecular weight is 429 g/mol. The molecule has 0 N–H and O–H groups in total. The zero-order valence-electron chi connectivity index (χ0n) is 17.4. The van der Waals surface area contributed by atoms with E-state index < -0.39 is 16.1 Å². The van der Waals surface area contributed by atoms with E-state index in [1.54, 1.807) is 12.1 Å². The van der Waals surface area contributed by atoms with Crippen LogP contribution >= 0.6 is 0 Å². The highest BCUT2D eigenvalue weighted by atomic mass is 32.2. The Bertz CT molecular complexity index is 1140. The van der Waals surface area contributed by atoms with E-state index in [0.717, 1.165) is 11.8 Å². The molecule has 2 aromatic carbocycles. The molecule has 30 heavy (non-hydrogen) atoms. The number of nitrogens with zero attached hydrogens (tertiary/aromatic N) is 1. The average Bonchev–Trinajstić information content (AvgIpc) is 3.01. The number of cyclic esters (lactones) is 1. The molecule has 2 aromatic rings. The van der Waals surface area contributed by atoms with Crippen LogP contribution in [0.15, 0.2) is 53.2 Å². The van der Waals surface area contributed by atoms with Crippen molar-refractivity contribution in [2.24, 2.45) is 4.99 Å². The Labute approximate surface area is 176 Å². The first kappa shape index (κ1) is 21.6. The van der Waals surface area contributed by atoms with Crippen LogP contribution in [0.1, 0.15) is 37.5 Å². The molecule has 1 aliphatic heterocycles. The summed E-state index contributed by atoms with van der Waals surface area (Å²) in [5.41, 5.74) is 2.59. The Morgan fingerprint density at radius 3 is 2.27 bits per heavy atom. The number of hydrogen-bond donors (Lipinski definition) is 0. The smallest absolute Gasteiger partial charge is 0.363 e. The largest absolute Gasteiger partial charge is 0.493 e. The second kappa shape index (κ2) is 7.95. The van der Waals surface area contributed by atoms with Gasteiger partial charge in [0.05, 0.1) is 13.4 Å². The van der Waals surface area contributed by atoms with Crippen LogP contribution < -0.4 is 8.92 Å². The summed E-state index contributed by atoms with van der Waals surface area (Å²) in [5, 5.41) is 0. The highest BCUT2D eigenvalue weighted by Gasteiger charge is 2.25. The molecule has 3 rings (SSSR count). The van der Waals surface area contributed by atoms with Crippen LogP contribution in [0.5, 0.6) is 11.5 Å². The van der Waals surface area contributed by atoms with Gasteiger partial charge in [-0.25, -0.2) is 9.79 Å². The molecular formula is C22H23NO6S. The number of esters is 1. The molecule has 0 atom stereocenters. The van der Waals surface area contributed by atoms with E-state index in [4.69, 9.17) is 13.7 Å². The van der Waals surface area contributed by atoms with Crippen molar-refractivity contribution in [1.82, 2.24) is 0 Å². The molecule has 0 saturated heterocycles. The Morgan fingerprint density at radius 1 is 1.03 bits per heavy atom. The fourth-order valence-electron chi connectivity index (χ4n) is 2.81. The standard InChI is InChI=1S/C22H23NO6S/c1-22(2,3)16-9-7-15(8-10-16)20-23-17(21(24)28-20)12-14-6-11-18(19(13-14)27-4)29-30(5,25)26/h6-13H,1-5H3/b17-12+. The van der Waals surface area contributed by atoms with Crippen LogP contribution in [0.2, 0.25) is 0 Å². The molecule has 0 radical (unpaired) electrons. The number of methoxy groups -OCH3 is 1. The molecule has 7 nitrogen and oxygen atoms in total. The van der Waals surface area contributed by atoms with Crippen molar-refractivity contribution in [3.8, 4) is 11.5 Å². The van der Waals surface area contributed by atoms with Gasteiger partial charge in [-0.15, -0.1) is 0 Å². The molecule has 0 aliphatic carbocycles. The van der Waals surface area contributed by atoms with Gasteiger partial charge in [0.15, 0.2) is 17.2 Å². The first-order valence-corrected chi connectivity index (χ1v) is 11.0. The van der Waals surface area contributed by atoms with E-state index >= 15 is 0 Å². The van der Waals surface area contributed by atoms with Gasteiger partial charge < -0.3 is 13.7 Å². The Hall–Kier alpha value is -3.13. The minimum absolute atomic E-state index is 0.0177. The highest BCUT2D eigenvalue weighted by Crippen LogP contribution is 2.31. The molecule has 1 heterocycles. The second-order valence-corrected chi connectivity index (χ2v) is 9.44. The molecule has 158 valence electrons. The summed E-state index contributed by atoms with van der Waals surface area (Å²) in [6.07, 6.45) is 2.48. The summed E-state index contributed by atoms with van der Waals surface area (Å²) in [6, 6.07) is 12.3. The zero-order chi connectivity index (χ0) is 22.1. The van der Waals surface area contributed by atoms with Gasteiger partial charge in [0, 0.05) is 5.56 Å². The lowest BCUT2D eigenvalue weighted by atomic mass is 9.87. The summed E-state index contributed by atoms with van der Waals surface area (Å²) < 4.78 is 38.1. The molecule has 0 amide bonds. The summed E-state index contributed by atoms with van der Waals surface area (Å²) >= 11 is 0. The van der Waals surface area contributed by atoms with Gasteiger partial charge in [0.2, 0.25) is 5.90 Å². The second-order valence-electron chi connectivity index (χ2n) is 7.86. The fraction of sp³-hybridized carbons (Fsp3) is 0.273. The van der Waals surface area contributed by atoms with Crippen molar-refractivity contribution in [2.75, 3.05) is 13.4 Å². The van der Waals surface area contributed by atoms with Crippen LogP contribution in [-0.2, 0) is 25.1 Å². The predicted molar refractivity (Wildman–Crippen MR) is 114 cm³/mol. The summed E-state index contributed by atoms with van der Waals surface area (Å²) in [4.78, 5) is 16.6. The maximum absolute atomic E-state index is 12.3. The quantitative estimate of drug-likeness (QED) is 0.409. The van der Waals surface area contributed by atoms with Crippen molar-refractivity contribution in [2.45, 2.75) is 26.2 Å². The lowest BCUT2D eigenvalue weighted by molar-refractivity contribution is -0.129. The van der Waals surface area contributed by atoms with E-state index in [1.165, 1.54) is 19.3 Å². The van der Waals surface area contributed by atoms with Crippen molar-refractivity contribution in [3.63, 3.8) is 0 Å². The fourth-order valence-corrected chi connectivity index (χ4v) is 3.27. The van der Waals surface area contributed by atoms with Gasteiger partial charge in [-0.05, 0) is 46.9 Å². The maximum Gasteiger partial charge on any atom is 0.363 e. The molecular weight excluding hydrogens is 406 g/mol. The van der Waals surface area contributed by atoms with E-state index in [1.807, 2.05) is 24.3 Å². The molecule has 0 unspecified atom stereocenters. The number of aliphatic imine (C=N–C) groups is 1. The molecule has 0 bridgehead atoms. The molecule has 0 saturated carbocycles. The summed E-state index contributed by atoms with van der Waals surface area (Å²) in [6.45, 7) is 6.36. The van der Waals surface area contributed by atoms with E-state index in [-0.39, 0.29) is 28.5 Å². The number of carbonyl (C=O) groups excluding carboxylic acids is 1. The van der Waals surface area contributed by atoms with Crippen LogP contribution in [-0.4, -0.2) is 33.7 Å². The highest BCUT2D eigenvalue weighted by molar-refractivity contribution is 7.86. The molecule has 1 aliphatic rings. The number of benzene rings is 2. The Balaban J connectivity index is 1.89. The van der Waals surface area contributed by atoms with Crippen molar-refractivity contribution >= 4 is 28.1 Å². The SMILES string of the molecule is COc1cc(/C=C2/N=C(c3ccc(C(C)(C)C)cc3)OC2=O)ccc1OS(C)(=O)=O. The van der Waals surface area contributed by atoms with Gasteiger partial charge in [0.25, 0.3) is 0 Å². The number of rotatable bonds is 5. The van der Waals surface area contributed by atoms with Crippen LogP contribution in [0.25, 0.3) is 6.08 Å². The first-order valence-electron chi connectivity index (χ1n) is 9.17. The van der Waals surface area contributed by atoms with Crippen molar-refractivity contribution in [1.29, 1.82) is 0 Å². The summed E-state index contributed by atoms with van der Waals surface area (Å²) in [7, 11) is -2.30. The maximum atomic E-state index is 12.3. The third-order valence-corrected chi connectivity index (χ3v) is 4.83. The predicted octanol–water partition coefficient (Wildman–Crippen LogP) is 3.68. The van der Waals surface area contributed by atoms with Crippen molar-refractivity contribution < 1.29 is 26.9 Å². The third kappa shape index (κ3) is 5.07.